The Morgan fingerprint density at radius 2 is 1.24 bits per heavy atom. The molecule has 0 aliphatic carbocycles. The summed E-state index contributed by atoms with van der Waals surface area (Å²) in [6, 6.07) is 21.9. The Hall–Kier alpha value is -3.13. The molecule has 0 bridgehead atoms. The molecule has 2 atom stereocenters. The van der Waals surface area contributed by atoms with Gasteiger partial charge in [-0.05, 0) is 11.1 Å². The number of hydrogen-bond acceptors (Lipinski definition) is 5. The van der Waals surface area contributed by atoms with Crippen LogP contribution in [0.15, 0.2) is 70.6 Å². The molecule has 0 N–H and O–H groups in total. The van der Waals surface area contributed by atoms with Crippen LogP contribution in [0, 0.1) is 17.2 Å². The van der Waals surface area contributed by atoms with Crippen molar-refractivity contribution in [2.24, 2.45) is 15.9 Å². The summed E-state index contributed by atoms with van der Waals surface area (Å²) in [5.41, 5.74) is 2.15. The zero-order chi connectivity index (χ0) is 17.1. The fraction of sp³-hybridized carbons (Fsp3) is 0.250. The SMILES string of the molecule is N#CC(C1=N[C@H](c2ccccc2)CO1)C1=N[C@H](c2ccccc2)CO1. The first kappa shape index (κ1) is 15.4. The minimum Gasteiger partial charge on any atom is -0.477 e. The number of aliphatic imine (C=N–C) groups is 2. The van der Waals surface area contributed by atoms with E-state index in [0.717, 1.165) is 11.1 Å². The quantitative estimate of drug-likeness (QED) is 0.861. The molecule has 5 heteroatoms. The van der Waals surface area contributed by atoms with Crippen LogP contribution >= 0.6 is 0 Å². The largest absolute Gasteiger partial charge is 0.477 e. The molecule has 2 aliphatic rings. The van der Waals surface area contributed by atoms with Crippen LogP contribution in [-0.2, 0) is 9.47 Å². The number of ether oxygens (including phenoxy) is 2. The van der Waals surface area contributed by atoms with Crippen molar-refractivity contribution in [2.75, 3.05) is 13.2 Å². The van der Waals surface area contributed by atoms with Gasteiger partial charge in [-0.1, -0.05) is 60.7 Å². The average molecular weight is 331 g/mol. The molecule has 2 heterocycles. The molecule has 4 rings (SSSR count). The first-order valence-electron chi connectivity index (χ1n) is 8.25. The molecule has 2 aromatic rings. The zero-order valence-electron chi connectivity index (χ0n) is 13.6. The van der Waals surface area contributed by atoms with Gasteiger partial charge in [0.2, 0.25) is 11.8 Å². The van der Waals surface area contributed by atoms with Crippen LogP contribution in [0.25, 0.3) is 0 Å². The van der Waals surface area contributed by atoms with Gasteiger partial charge < -0.3 is 9.47 Å². The maximum absolute atomic E-state index is 9.59. The summed E-state index contributed by atoms with van der Waals surface area (Å²) in [6.45, 7) is 0.875. The molecular formula is C20H17N3O2. The van der Waals surface area contributed by atoms with Gasteiger partial charge in [0.1, 0.15) is 25.3 Å². The predicted molar refractivity (Wildman–Crippen MR) is 94.2 cm³/mol. The second-order valence-corrected chi connectivity index (χ2v) is 5.97. The molecule has 0 unspecified atom stereocenters. The summed E-state index contributed by atoms with van der Waals surface area (Å²) >= 11 is 0. The van der Waals surface area contributed by atoms with Gasteiger partial charge in [0.05, 0.1) is 6.07 Å². The zero-order valence-corrected chi connectivity index (χ0v) is 13.6. The van der Waals surface area contributed by atoms with Crippen molar-refractivity contribution < 1.29 is 9.47 Å². The lowest BCUT2D eigenvalue weighted by atomic mass is 10.1. The molecule has 0 amide bonds. The first-order chi connectivity index (χ1) is 12.3. The van der Waals surface area contributed by atoms with Crippen molar-refractivity contribution in [1.29, 1.82) is 5.26 Å². The summed E-state index contributed by atoms with van der Waals surface area (Å²) < 4.78 is 11.4. The molecule has 0 fully saturated rings. The van der Waals surface area contributed by atoms with Gasteiger partial charge in [0.25, 0.3) is 0 Å². The lowest BCUT2D eigenvalue weighted by Gasteiger charge is -2.07. The van der Waals surface area contributed by atoms with Crippen LogP contribution in [0.2, 0.25) is 0 Å². The van der Waals surface area contributed by atoms with E-state index in [4.69, 9.17) is 9.47 Å². The summed E-state index contributed by atoms with van der Waals surface area (Å²) in [6.07, 6.45) is 0. The van der Waals surface area contributed by atoms with Crippen molar-refractivity contribution in [1.82, 2.24) is 0 Å². The highest BCUT2D eigenvalue weighted by Gasteiger charge is 2.35. The number of nitriles is 1. The maximum Gasteiger partial charge on any atom is 0.211 e. The monoisotopic (exact) mass is 331 g/mol. The van der Waals surface area contributed by atoms with E-state index in [1.807, 2.05) is 60.7 Å². The Morgan fingerprint density at radius 3 is 1.64 bits per heavy atom. The Labute approximate surface area is 146 Å². The summed E-state index contributed by atoms with van der Waals surface area (Å²) in [4.78, 5) is 9.17. The van der Waals surface area contributed by atoms with Crippen molar-refractivity contribution in [2.45, 2.75) is 12.1 Å². The maximum atomic E-state index is 9.59. The molecule has 2 aromatic carbocycles. The van der Waals surface area contributed by atoms with Crippen molar-refractivity contribution in [3.05, 3.63) is 71.8 Å². The molecule has 5 nitrogen and oxygen atoms in total. The summed E-state index contributed by atoms with van der Waals surface area (Å²) in [5.74, 6) is 0.0926. The molecule has 0 spiro atoms. The van der Waals surface area contributed by atoms with Gasteiger partial charge in [-0.3, -0.25) is 0 Å². The van der Waals surface area contributed by atoms with Gasteiger partial charge in [0, 0.05) is 0 Å². The standard InChI is InChI=1S/C20H17N3O2/c21-11-16(19-22-17(12-24-19)14-7-3-1-4-8-14)20-23-18(13-25-20)15-9-5-2-6-10-15/h1-10,16-18H,12-13H2/t17-,18-/m0/s1. The number of nitrogens with zero attached hydrogens (tertiary/aromatic N) is 3. The fourth-order valence-electron chi connectivity index (χ4n) is 3.01. The normalized spacial score (nSPS) is 21.9. The topological polar surface area (TPSA) is 67.0 Å². The third-order valence-electron chi connectivity index (χ3n) is 4.34. The number of hydrogen-bond donors (Lipinski definition) is 0. The van der Waals surface area contributed by atoms with Gasteiger partial charge in [-0.25, -0.2) is 9.98 Å². The van der Waals surface area contributed by atoms with Crippen LogP contribution in [0.4, 0.5) is 0 Å². The predicted octanol–water partition coefficient (Wildman–Crippen LogP) is 3.47. The van der Waals surface area contributed by atoms with Crippen molar-refractivity contribution in [3.63, 3.8) is 0 Å². The fourth-order valence-corrected chi connectivity index (χ4v) is 3.01. The first-order valence-corrected chi connectivity index (χ1v) is 8.25. The van der Waals surface area contributed by atoms with Gasteiger partial charge >= 0.3 is 0 Å². The van der Waals surface area contributed by atoms with E-state index in [9.17, 15) is 5.26 Å². The van der Waals surface area contributed by atoms with Crippen LogP contribution in [0.1, 0.15) is 23.2 Å². The van der Waals surface area contributed by atoms with Gasteiger partial charge in [-0.15, -0.1) is 0 Å². The van der Waals surface area contributed by atoms with Crippen LogP contribution in [0.5, 0.6) is 0 Å². The Kier molecular flexibility index (Phi) is 4.17. The van der Waals surface area contributed by atoms with E-state index >= 15 is 0 Å². The van der Waals surface area contributed by atoms with E-state index in [1.54, 1.807) is 0 Å². The second-order valence-electron chi connectivity index (χ2n) is 5.97. The molecule has 0 aromatic heterocycles. The van der Waals surface area contributed by atoms with E-state index < -0.39 is 5.92 Å². The Bertz CT molecular complexity index is 775. The minimum absolute atomic E-state index is 0.0843. The van der Waals surface area contributed by atoms with E-state index in [-0.39, 0.29) is 12.1 Å². The molecule has 2 aliphatic heterocycles. The average Bonchev–Trinajstić information content (AvgIpc) is 3.35. The highest BCUT2D eigenvalue weighted by molar-refractivity contribution is 6.04. The van der Waals surface area contributed by atoms with Gasteiger partial charge in [-0.2, -0.15) is 5.26 Å². The molecular weight excluding hydrogens is 314 g/mol. The number of rotatable bonds is 4. The molecule has 25 heavy (non-hydrogen) atoms. The minimum atomic E-state index is -0.692. The summed E-state index contributed by atoms with van der Waals surface area (Å²) in [5, 5.41) is 9.59. The Morgan fingerprint density at radius 1 is 0.800 bits per heavy atom. The van der Waals surface area contributed by atoms with Crippen molar-refractivity contribution in [3.8, 4) is 6.07 Å². The van der Waals surface area contributed by atoms with Crippen LogP contribution < -0.4 is 0 Å². The molecule has 0 radical (unpaired) electrons. The third-order valence-corrected chi connectivity index (χ3v) is 4.34. The van der Waals surface area contributed by atoms with Crippen LogP contribution in [-0.4, -0.2) is 25.0 Å². The lowest BCUT2D eigenvalue weighted by molar-refractivity contribution is 0.292. The van der Waals surface area contributed by atoms with E-state index in [0.29, 0.717) is 25.0 Å². The van der Waals surface area contributed by atoms with Crippen molar-refractivity contribution >= 4 is 11.8 Å². The smallest absolute Gasteiger partial charge is 0.211 e. The summed E-state index contributed by atoms with van der Waals surface area (Å²) in [7, 11) is 0. The number of benzene rings is 2. The Balaban J connectivity index is 1.54. The third kappa shape index (κ3) is 3.11. The van der Waals surface area contributed by atoms with Crippen LogP contribution in [0.3, 0.4) is 0 Å². The molecule has 124 valence electrons. The molecule has 0 saturated carbocycles. The van der Waals surface area contributed by atoms with E-state index in [1.165, 1.54) is 0 Å². The molecule has 0 saturated heterocycles. The second kappa shape index (κ2) is 6.78. The highest BCUT2D eigenvalue weighted by Crippen LogP contribution is 2.29. The van der Waals surface area contributed by atoms with E-state index in [2.05, 4.69) is 16.1 Å². The highest BCUT2D eigenvalue weighted by atomic mass is 16.5. The van der Waals surface area contributed by atoms with Gasteiger partial charge in [0.15, 0.2) is 5.92 Å². The lowest BCUT2D eigenvalue weighted by Crippen LogP contribution is -2.23.